The van der Waals surface area contributed by atoms with Crippen LogP contribution in [-0.2, 0) is 11.8 Å². The smallest absolute Gasteiger partial charge is 0.170 e. The van der Waals surface area contributed by atoms with Crippen LogP contribution in [0, 0.1) is 11.3 Å². The molecule has 160 valence electrons. The second-order valence-electron chi connectivity index (χ2n) is 10.3. The Balaban J connectivity index is 1.51. The molecule has 0 spiro atoms. The molecule has 2 N–H and O–H groups in total. The van der Waals surface area contributed by atoms with Crippen LogP contribution < -0.4 is 10.6 Å². The third kappa shape index (κ3) is 4.01. The summed E-state index contributed by atoms with van der Waals surface area (Å²) in [5.41, 5.74) is 6.25. The number of thiocarbonyl (C=S) groups is 1. The van der Waals surface area contributed by atoms with Gasteiger partial charge in [0.15, 0.2) is 5.11 Å². The maximum atomic E-state index is 5.61. The first-order chi connectivity index (χ1) is 14.3. The fraction of sp³-hybridized carbons (Fsp3) is 0.519. The zero-order chi connectivity index (χ0) is 21.4. The van der Waals surface area contributed by atoms with E-state index in [9.17, 15) is 0 Å². The predicted molar refractivity (Wildman–Crippen MR) is 132 cm³/mol. The van der Waals surface area contributed by atoms with Crippen molar-refractivity contribution in [1.29, 1.82) is 0 Å². The second-order valence-corrected chi connectivity index (χ2v) is 10.7. The monoisotopic (exact) mass is 420 g/mol. The first-order valence-corrected chi connectivity index (χ1v) is 12.0. The van der Waals surface area contributed by atoms with E-state index in [-0.39, 0.29) is 10.8 Å². The lowest BCUT2D eigenvalue weighted by Gasteiger charge is -2.55. The third-order valence-electron chi connectivity index (χ3n) is 7.85. The highest BCUT2D eigenvalue weighted by molar-refractivity contribution is 7.80. The summed E-state index contributed by atoms with van der Waals surface area (Å²) in [6, 6.07) is 17.5. The molecule has 0 radical (unpaired) electrons. The van der Waals surface area contributed by atoms with E-state index >= 15 is 0 Å². The van der Waals surface area contributed by atoms with E-state index < -0.39 is 0 Å². The number of hydrogen-bond acceptors (Lipinski definition) is 1. The summed E-state index contributed by atoms with van der Waals surface area (Å²) in [7, 11) is 0. The van der Waals surface area contributed by atoms with E-state index in [1.807, 2.05) is 18.2 Å². The number of rotatable bonds is 4. The van der Waals surface area contributed by atoms with Crippen molar-refractivity contribution in [2.24, 2.45) is 11.3 Å². The molecule has 2 nitrogen and oxygen atoms in total. The van der Waals surface area contributed by atoms with Crippen LogP contribution in [0.1, 0.15) is 76.0 Å². The number of para-hydroxylation sites is 1. The van der Waals surface area contributed by atoms with Crippen LogP contribution in [0.5, 0.6) is 0 Å². The van der Waals surface area contributed by atoms with Crippen LogP contribution in [0.4, 0.5) is 5.69 Å². The van der Waals surface area contributed by atoms with Gasteiger partial charge in [-0.3, -0.25) is 0 Å². The average Bonchev–Trinajstić information content (AvgIpc) is 2.72. The third-order valence-corrected chi connectivity index (χ3v) is 8.10. The molecule has 3 atom stereocenters. The van der Waals surface area contributed by atoms with E-state index in [1.54, 1.807) is 11.1 Å². The molecule has 2 aliphatic carbocycles. The Morgan fingerprint density at radius 1 is 1.10 bits per heavy atom. The lowest BCUT2D eigenvalue weighted by molar-refractivity contribution is 0.0294. The van der Waals surface area contributed by atoms with Gasteiger partial charge in [0.2, 0.25) is 0 Å². The highest BCUT2D eigenvalue weighted by atomic mass is 32.1. The molecule has 0 aromatic heterocycles. The van der Waals surface area contributed by atoms with E-state index in [1.165, 1.54) is 37.7 Å². The summed E-state index contributed by atoms with van der Waals surface area (Å²) in [5.74, 6) is 1.28. The van der Waals surface area contributed by atoms with Gasteiger partial charge >= 0.3 is 0 Å². The van der Waals surface area contributed by atoms with Gasteiger partial charge in [-0.1, -0.05) is 70.5 Å². The molecule has 3 heteroatoms. The number of benzene rings is 2. The summed E-state index contributed by atoms with van der Waals surface area (Å²) >= 11 is 5.61. The maximum Gasteiger partial charge on any atom is 0.170 e. The van der Waals surface area contributed by atoms with Gasteiger partial charge in [0.1, 0.15) is 0 Å². The second kappa shape index (κ2) is 8.34. The van der Waals surface area contributed by atoms with Gasteiger partial charge in [-0.25, -0.2) is 0 Å². The molecule has 0 amide bonds. The van der Waals surface area contributed by atoms with Crippen LogP contribution in [0.3, 0.4) is 0 Å². The van der Waals surface area contributed by atoms with Crippen molar-refractivity contribution in [2.75, 3.05) is 11.9 Å². The van der Waals surface area contributed by atoms with Gasteiger partial charge < -0.3 is 10.6 Å². The lowest BCUT2D eigenvalue weighted by atomic mass is 9.49. The molecule has 0 bridgehead atoms. The lowest BCUT2D eigenvalue weighted by Crippen LogP contribution is -2.53. The topological polar surface area (TPSA) is 24.1 Å². The highest BCUT2D eigenvalue weighted by Gasteiger charge is 2.51. The van der Waals surface area contributed by atoms with E-state index in [0.717, 1.165) is 17.3 Å². The molecule has 0 saturated heterocycles. The van der Waals surface area contributed by atoms with Crippen molar-refractivity contribution >= 4 is 23.0 Å². The molecule has 2 aromatic rings. The first kappa shape index (κ1) is 21.4. The predicted octanol–water partition coefficient (Wildman–Crippen LogP) is 6.81. The molecule has 1 saturated carbocycles. The zero-order valence-corrected chi connectivity index (χ0v) is 19.7. The summed E-state index contributed by atoms with van der Waals surface area (Å²) in [4.78, 5) is 0. The highest BCUT2D eigenvalue weighted by Crippen LogP contribution is 2.57. The van der Waals surface area contributed by atoms with Gasteiger partial charge in [-0.2, -0.15) is 0 Å². The van der Waals surface area contributed by atoms with Crippen LogP contribution in [0.2, 0.25) is 0 Å². The van der Waals surface area contributed by atoms with Gasteiger partial charge in [0.25, 0.3) is 0 Å². The minimum absolute atomic E-state index is 0.254. The summed E-state index contributed by atoms with van der Waals surface area (Å²) in [6.45, 7) is 10.5. The van der Waals surface area contributed by atoms with E-state index in [0.29, 0.717) is 11.8 Å². The van der Waals surface area contributed by atoms with Crippen molar-refractivity contribution < 1.29 is 0 Å². The minimum atomic E-state index is 0.254. The average molecular weight is 421 g/mol. The Morgan fingerprint density at radius 2 is 1.87 bits per heavy atom. The molecular weight excluding hydrogens is 384 g/mol. The molecule has 0 heterocycles. The Morgan fingerprint density at radius 3 is 2.60 bits per heavy atom. The maximum absolute atomic E-state index is 5.61. The van der Waals surface area contributed by atoms with Crippen LogP contribution in [0.25, 0.3) is 0 Å². The Bertz CT molecular complexity index is 906. The standard InChI is InChI=1S/C27H36N2S/c1-19(2)20-11-13-23-21(17-20)12-14-24-26(3,15-8-16-27(23,24)4)18-28-25(30)29-22-9-6-5-7-10-22/h5-7,9-11,13,17,19,24H,8,12,14-16,18H2,1-4H3,(H2,28,29,30). The van der Waals surface area contributed by atoms with E-state index in [2.05, 4.69) is 68.7 Å². The SMILES string of the molecule is CC(C)c1ccc2c(c1)CCC1C(C)(CNC(=S)Nc3ccccc3)CCCC21C. The van der Waals surface area contributed by atoms with Gasteiger partial charge in [0, 0.05) is 12.2 Å². The minimum Gasteiger partial charge on any atom is -0.362 e. The van der Waals surface area contributed by atoms with Gasteiger partial charge in [0.05, 0.1) is 0 Å². The molecule has 4 rings (SSSR count). The van der Waals surface area contributed by atoms with Crippen molar-refractivity contribution in [1.82, 2.24) is 5.32 Å². The number of nitrogens with one attached hydrogen (secondary N) is 2. The van der Waals surface area contributed by atoms with Crippen molar-refractivity contribution in [3.8, 4) is 0 Å². The number of fused-ring (bicyclic) bond motifs is 3. The Labute approximate surface area is 187 Å². The Kier molecular flexibility index (Phi) is 5.94. The molecule has 3 unspecified atom stereocenters. The van der Waals surface area contributed by atoms with Crippen LogP contribution in [0.15, 0.2) is 48.5 Å². The van der Waals surface area contributed by atoms with E-state index in [4.69, 9.17) is 12.2 Å². The normalized spacial score (nSPS) is 27.8. The summed E-state index contributed by atoms with van der Waals surface area (Å²) in [5, 5.41) is 7.62. The summed E-state index contributed by atoms with van der Waals surface area (Å²) < 4.78 is 0. The molecule has 30 heavy (non-hydrogen) atoms. The molecule has 0 aliphatic heterocycles. The molecule has 2 aromatic carbocycles. The van der Waals surface area contributed by atoms with Crippen LogP contribution in [-0.4, -0.2) is 11.7 Å². The number of hydrogen-bond donors (Lipinski definition) is 2. The first-order valence-electron chi connectivity index (χ1n) is 11.5. The Hall–Kier alpha value is -1.87. The van der Waals surface area contributed by atoms with Crippen molar-refractivity contribution in [3.05, 3.63) is 65.2 Å². The number of anilines is 1. The zero-order valence-electron chi connectivity index (χ0n) is 18.9. The fourth-order valence-corrected chi connectivity index (χ4v) is 6.38. The fourth-order valence-electron chi connectivity index (χ4n) is 6.19. The number of aryl methyl sites for hydroxylation is 1. The molecule has 1 fully saturated rings. The largest absolute Gasteiger partial charge is 0.362 e. The quantitative estimate of drug-likeness (QED) is 0.531. The van der Waals surface area contributed by atoms with Gasteiger partial charge in [-0.05, 0) is 89.4 Å². The molecular formula is C27H36N2S. The van der Waals surface area contributed by atoms with Crippen LogP contribution >= 0.6 is 12.2 Å². The van der Waals surface area contributed by atoms with Gasteiger partial charge in [-0.15, -0.1) is 0 Å². The van der Waals surface area contributed by atoms with Crippen molar-refractivity contribution in [2.45, 2.75) is 71.1 Å². The van der Waals surface area contributed by atoms with Crippen molar-refractivity contribution in [3.63, 3.8) is 0 Å². The molecule has 2 aliphatic rings. The summed E-state index contributed by atoms with van der Waals surface area (Å²) in [6.07, 6.45) is 6.34.